The zero-order chi connectivity index (χ0) is 11.0. The van der Waals surface area contributed by atoms with Crippen molar-refractivity contribution in [3.8, 4) is 6.07 Å². The van der Waals surface area contributed by atoms with Gasteiger partial charge in [-0.3, -0.25) is 4.79 Å². The second-order valence-corrected chi connectivity index (χ2v) is 5.10. The maximum atomic E-state index is 11.8. The topological polar surface area (TPSA) is 59.9 Å². The Hall–Kier alpha value is -0.390. The molecule has 2 saturated heterocycles. The Bertz CT molecular complexity index is 317. The van der Waals surface area contributed by atoms with Gasteiger partial charge in [0.15, 0.2) is 12.2 Å². The molecule has 0 saturated carbocycles. The molecule has 2 rings (SSSR count). The molecule has 0 aromatic rings. The molecule has 2 aliphatic rings. The fourth-order valence-electron chi connectivity index (χ4n) is 1.71. The number of ether oxygens (including phenoxy) is 1. The maximum Gasteiger partial charge on any atom is 0.255 e. The van der Waals surface area contributed by atoms with E-state index in [4.69, 9.17) is 10.00 Å². The minimum Gasteiger partial charge on any atom is -0.343 e. The van der Waals surface area contributed by atoms with E-state index in [-0.39, 0.29) is 5.91 Å². The lowest BCUT2D eigenvalue weighted by Crippen LogP contribution is -2.51. The lowest BCUT2D eigenvalue weighted by Gasteiger charge is -2.36. The van der Waals surface area contributed by atoms with E-state index in [1.165, 1.54) is 0 Å². The third-order valence-corrected chi connectivity index (χ3v) is 4.15. The second kappa shape index (κ2) is 4.23. The molecule has 3 atom stereocenters. The van der Waals surface area contributed by atoms with Gasteiger partial charge in [-0.15, -0.1) is 0 Å². The van der Waals surface area contributed by atoms with E-state index >= 15 is 0 Å². The summed E-state index contributed by atoms with van der Waals surface area (Å²) in [6.45, 7) is 4.41. The fraction of sp³-hybridized carbons (Fsp3) is 0.778. The standard InChI is InChI=1S/C9H12IN3O2/c1-6-5-12(2-3-13(6)10)9(14)8-7(4-11)15-8/h6-8H,2-3,5H2,1H3. The van der Waals surface area contributed by atoms with Crippen LogP contribution in [0.2, 0.25) is 0 Å². The van der Waals surface area contributed by atoms with Crippen molar-refractivity contribution < 1.29 is 9.53 Å². The predicted octanol–water partition coefficient (Wildman–Crippen LogP) is 0.160. The van der Waals surface area contributed by atoms with Gasteiger partial charge in [-0.05, 0) is 6.92 Å². The van der Waals surface area contributed by atoms with Crippen molar-refractivity contribution in [3.05, 3.63) is 0 Å². The molecule has 1 amide bonds. The van der Waals surface area contributed by atoms with Gasteiger partial charge in [0.05, 0.1) is 6.07 Å². The van der Waals surface area contributed by atoms with Crippen LogP contribution in [-0.2, 0) is 9.53 Å². The van der Waals surface area contributed by atoms with Crippen LogP contribution in [0.4, 0.5) is 0 Å². The molecule has 0 aliphatic carbocycles. The number of rotatable bonds is 1. The van der Waals surface area contributed by atoms with E-state index < -0.39 is 12.2 Å². The number of halogens is 1. The van der Waals surface area contributed by atoms with E-state index in [1.807, 2.05) is 6.07 Å². The van der Waals surface area contributed by atoms with E-state index in [9.17, 15) is 4.79 Å². The Labute approximate surface area is 102 Å². The first-order valence-electron chi connectivity index (χ1n) is 4.89. The average Bonchev–Trinajstić information content (AvgIpc) is 3.00. The molecule has 0 spiro atoms. The zero-order valence-corrected chi connectivity index (χ0v) is 10.5. The van der Waals surface area contributed by atoms with Crippen molar-refractivity contribution in [2.24, 2.45) is 0 Å². The van der Waals surface area contributed by atoms with Gasteiger partial charge in [-0.2, -0.15) is 5.26 Å². The monoisotopic (exact) mass is 321 g/mol. The lowest BCUT2D eigenvalue weighted by atomic mass is 10.2. The highest BCUT2D eigenvalue weighted by Crippen LogP contribution is 2.25. The van der Waals surface area contributed by atoms with Crippen LogP contribution in [-0.4, -0.2) is 51.8 Å². The minimum atomic E-state index is -0.509. The van der Waals surface area contributed by atoms with Gasteiger partial charge in [0.2, 0.25) is 0 Å². The number of hydrogen-bond donors (Lipinski definition) is 0. The van der Waals surface area contributed by atoms with Crippen molar-refractivity contribution in [1.82, 2.24) is 8.01 Å². The van der Waals surface area contributed by atoms with Crippen molar-refractivity contribution in [2.75, 3.05) is 19.6 Å². The summed E-state index contributed by atoms with van der Waals surface area (Å²) in [7, 11) is 0. The summed E-state index contributed by atoms with van der Waals surface area (Å²) in [5, 5.41) is 8.56. The van der Waals surface area contributed by atoms with Crippen LogP contribution in [0.3, 0.4) is 0 Å². The summed E-state index contributed by atoms with van der Waals surface area (Å²) >= 11 is 2.27. The molecule has 0 aromatic carbocycles. The third kappa shape index (κ3) is 2.24. The summed E-state index contributed by atoms with van der Waals surface area (Å²) in [4.78, 5) is 13.6. The second-order valence-electron chi connectivity index (χ2n) is 3.86. The molecule has 82 valence electrons. The lowest BCUT2D eigenvalue weighted by molar-refractivity contribution is -0.134. The summed E-state index contributed by atoms with van der Waals surface area (Å²) in [5.41, 5.74) is 0. The van der Waals surface area contributed by atoms with Crippen LogP contribution in [0.1, 0.15) is 6.92 Å². The first-order valence-corrected chi connectivity index (χ1v) is 5.86. The highest BCUT2D eigenvalue weighted by atomic mass is 127. The van der Waals surface area contributed by atoms with E-state index in [0.717, 1.165) is 19.6 Å². The highest BCUT2D eigenvalue weighted by molar-refractivity contribution is 14.1. The molecular formula is C9H12IN3O2. The number of amides is 1. The predicted molar refractivity (Wildman–Crippen MR) is 61.0 cm³/mol. The van der Waals surface area contributed by atoms with Crippen LogP contribution >= 0.6 is 22.9 Å². The molecular weight excluding hydrogens is 309 g/mol. The van der Waals surface area contributed by atoms with Crippen LogP contribution in [0, 0.1) is 11.3 Å². The number of piperazine rings is 1. The van der Waals surface area contributed by atoms with E-state index in [1.54, 1.807) is 4.90 Å². The molecule has 15 heavy (non-hydrogen) atoms. The Morgan fingerprint density at radius 2 is 2.33 bits per heavy atom. The number of epoxide rings is 1. The quantitative estimate of drug-likeness (QED) is 0.392. The molecule has 2 fully saturated rings. The van der Waals surface area contributed by atoms with E-state index in [2.05, 4.69) is 32.9 Å². The molecule has 3 unspecified atom stereocenters. The summed E-state index contributed by atoms with van der Waals surface area (Å²) in [6, 6.07) is 2.31. The first-order chi connectivity index (χ1) is 7.13. The number of nitrogens with zero attached hydrogens (tertiary/aromatic N) is 3. The molecule has 0 radical (unpaired) electrons. The Balaban J connectivity index is 1.90. The summed E-state index contributed by atoms with van der Waals surface area (Å²) < 4.78 is 7.17. The molecule has 0 bridgehead atoms. The third-order valence-electron chi connectivity index (χ3n) is 2.72. The maximum absolute atomic E-state index is 11.8. The van der Waals surface area contributed by atoms with Crippen LogP contribution < -0.4 is 0 Å². The minimum absolute atomic E-state index is 0.0297. The van der Waals surface area contributed by atoms with Gasteiger partial charge in [-0.1, -0.05) is 0 Å². The van der Waals surface area contributed by atoms with Crippen LogP contribution in [0.25, 0.3) is 0 Å². The number of carbonyl (C=O) groups excluding carboxylic acids is 1. The molecule has 0 aromatic heterocycles. The van der Waals surface area contributed by atoms with E-state index in [0.29, 0.717) is 6.04 Å². The largest absolute Gasteiger partial charge is 0.343 e. The van der Waals surface area contributed by atoms with Crippen molar-refractivity contribution in [2.45, 2.75) is 25.2 Å². The van der Waals surface area contributed by atoms with Gasteiger partial charge >= 0.3 is 0 Å². The van der Waals surface area contributed by atoms with Gasteiger partial charge in [0.25, 0.3) is 5.91 Å². The molecule has 2 aliphatic heterocycles. The molecule has 0 N–H and O–H groups in total. The number of carbonyl (C=O) groups is 1. The highest BCUT2D eigenvalue weighted by Gasteiger charge is 2.48. The van der Waals surface area contributed by atoms with Crippen LogP contribution in [0.5, 0.6) is 0 Å². The Morgan fingerprint density at radius 1 is 1.60 bits per heavy atom. The van der Waals surface area contributed by atoms with Gasteiger partial charge < -0.3 is 9.64 Å². The molecule has 2 heterocycles. The smallest absolute Gasteiger partial charge is 0.255 e. The summed E-state index contributed by atoms with van der Waals surface area (Å²) in [5.74, 6) is -0.0297. The fourth-order valence-corrected chi connectivity index (χ4v) is 2.11. The first kappa shape index (κ1) is 11.1. The summed E-state index contributed by atoms with van der Waals surface area (Å²) in [6.07, 6.45) is -1.01. The van der Waals surface area contributed by atoms with Gasteiger partial charge in [0.1, 0.15) is 0 Å². The van der Waals surface area contributed by atoms with Crippen molar-refractivity contribution >= 4 is 28.8 Å². The van der Waals surface area contributed by atoms with Gasteiger partial charge in [-0.25, -0.2) is 3.11 Å². The number of nitriles is 1. The molecule has 6 heteroatoms. The van der Waals surface area contributed by atoms with Crippen molar-refractivity contribution in [3.63, 3.8) is 0 Å². The SMILES string of the molecule is CC1CN(C(=O)C2OC2C#N)CCN1I. The Kier molecular flexibility index (Phi) is 3.13. The zero-order valence-electron chi connectivity index (χ0n) is 8.39. The van der Waals surface area contributed by atoms with Crippen molar-refractivity contribution in [1.29, 1.82) is 5.26 Å². The van der Waals surface area contributed by atoms with Crippen LogP contribution in [0.15, 0.2) is 0 Å². The van der Waals surface area contributed by atoms with Gasteiger partial charge in [0, 0.05) is 48.5 Å². The average molecular weight is 321 g/mol. The molecule has 5 nitrogen and oxygen atoms in total. The normalized spacial score (nSPS) is 36.1. The number of hydrogen-bond acceptors (Lipinski definition) is 4. The Morgan fingerprint density at radius 3 is 2.87 bits per heavy atom.